The van der Waals surface area contributed by atoms with Crippen LogP contribution in [-0.4, -0.2) is 41.0 Å². The molecule has 1 saturated heterocycles. The van der Waals surface area contributed by atoms with E-state index in [9.17, 15) is 4.79 Å². The Hall–Kier alpha value is -3.60. The van der Waals surface area contributed by atoms with E-state index in [4.69, 9.17) is 9.72 Å². The Balaban J connectivity index is 1.29. The van der Waals surface area contributed by atoms with E-state index >= 15 is 0 Å². The SMILES string of the molecule is COc1cccc2[nH]c(C(=O)N3CCCC(c4ccc(Cc5cccc(C)c5)cn4)C3)cc12. The molecule has 1 unspecified atom stereocenters. The fraction of sp³-hybridized carbons (Fsp3) is 0.286. The van der Waals surface area contributed by atoms with Crippen LogP contribution in [0.4, 0.5) is 0 Å². The molecule has 5 rings (SSSR count). The summed E-state index contributed by atoms with van der Waals surface area (Å²) in [5, 5.41) is 0.933. The number of ether oxygens (including phenoxy) is 1. The molecule has 2 aromatic carbocycles. The van der Waals surface area contributed by atoms with E-state index in [0.717, 1.165) is 48.2 Å². The van der Waals surface area contributed by atoms with Crippen LogP contribution in [-0.2, 0) is 6.42 Å². The summed E-state index contributed by atoms with van der Waals surface area (Å²) >= 11 is 0. The molecule has 4 aromatic rings. The van der Waals surface area contributed by atoms with Crippen LogP contribution < -0.4 is 4.74 Å². The van der Waals surface area contributed by atoms with Gasteiger partial charge in [0.2, 0.25) is 0 Å². The molecule has 0 spiro atoms. The summed E-state index contributed by atoms with van der Waals surface area (Å²) in [6, 6.07) is 20.6. The Bertz CT molecular complexity index is 1280. The highest BCUT2D eigenvalue weighted by molar-refractivity contribution is 5.99. The van der Waals surface area contributed by atoms with Crippen molar-refractivity contribution < 1.29 is 9.53 Å². The van der Waals surface area contributed by atoms with Gasteiger partial charge in [-0.2, -0.15) is 0 Å². The van der Waals surface area contributed by atoms with Crippen molar-refractivity contribution >= 4 is 16.8 Å². The van der Waals surface area contributed by atoms with Crippen LogP contribution in [0.3, 0.4) is 0 Å². The van der Waals surface area contributed by atoms with Crippen molar-refractivity contribution in [2.75, 3.05) is 20.2 Å². The number of piperidine rings is 1. The summed E-state index contributed by atoms with van der Waals surface area (Å²) in [5.41, 5.74) is 6.37. The number of hydrogen-bond donors (Lipinski definition) is 1. The molecule has 0 aliphatic carbocycles. The van der Waals surface area contributed by atoms with Crippen LogP contribution in [0.5, 0.6) is 5.75 Å². The average molecular weight is 440 g/mol. The molecule has 33 heavy (non-hydrogen) atoms. The molecule has 0 radical (unpaired) electrons. The van der Waals surface area contributed by atoms with Gasteiger partial charge in [0.05, 0.1) is 7.11 Å². The van der Waals surface area contributed by atoms with Gasteiger partial charge in [0.1, 0.15) is 11.4 Å². The van der Waals surface area contributed by atoms with Gasteiger partial charge in [0.25, 0.3) is 5.91 Å². The molecule has 1 aliphatic heterocycles. The van der Waals surface area contributed by atoms with E-state index in [-0.39, 0.29) is 11.8 Å². The predicted octanol–water partition coefficient (Wildman–Crippen LogP) is 5.49. The zero-order valence-electron chi connectivity index (χ0n) is 19.2. The lowest BCUT2D eigenvalue weighted by molar-refractivity contribution is 0.0701. The summed E-state index contributed by atoms with van der Waals surface area (Å²) in [6.45, 7) is 3.58. The first-order valence-corrected chi connectivity index (χ1v) is 11.6. The third-order valence-corrected chi connectivity index (χ3v) is 6.54. The van der Waals surface area contributed by atoms with Gasteiger partial charge in [-0.15, -0.1) is 0 Å². The second-order valence-corrected chi connectivity index (χ2v) is 8.95. The van der Waals surface area contributed by atoms with Crippen molar-refractivity contribution in [3.8, 4) is 5.75 Å². The van der Waals surface area contributed by atoms with Crippen LogP contribution in [0.2, 0.25) is 0 Å². The van der Waals surface area contributed by atoms with Crippen LogP contribution in [0.15, 0.2) is 66.9 Å². The van der Waals surface area contributed by atoms with Crippen molar-refractivity contribution in [2.45, 2.75) is 32.1 Å². The van der Waals surface area contributed by atoms with Gasteiger partial charge in [-0.05, 0) is 61.6 Å². The minimum absolute atomic E-state index is 0.0361. The van der Waals surface area contributed by atoms with Crippen LogP contribution in [0.25, 0.3) is 10.9 Å². The fourth-order valence-electron chi connectivity index (χ4n) is 4.83. The molecule has 1 amide bonds. The number of nitrogens with zero attached hydrogens (tertiary/aromatic N) is 2. The number of pyridine rings is 1. The quantitative estimate of drug-likeness (QED) is 0.447. The van der Waals surface area contributed by atoms with Gasteiger partial charge >= 0.3 is 0 Å². The third-order valence-electron chi connectivity index (χ3n) is 6.54. The highest BCUT2D eigenvalue weighted by Crippen LogP contribution is 2.29. The number of aromatic amines is 1. The molecular formula is C28H29N3O2. The van der Waals surface area contributed by atoms with E-state index in [2.05, 4.69) is 48.3 Å². The lowest BCUT2D eigenvalue weighted by atomic mass is 9.93. The molecule has 1 aliphatic rings. The molecular weight excluding hydrogens is 410 g/mol. The van der Waals surface area contributed by atoms with Crippen LogP contribution in [0.1, 0.15) is 51.6 Å². The molecule has 1 atom stereocenters. The second-order valence-electron chi connectivity index (χ2n) is 8.95. The Morgan fingerprint density at radius 3 is 2.79 bits per heavy atom. The van der Waals surface area contributed by atoms with Crippen LogP contribution >= 0.6 is 0 Å². The highest BCUT2D eigenvalue weighted by atomic mass is 16.5. The molecule has 5 heteroatoms. The molecule has 0 saturated carbocycles. The van der Waals surface area contributed by atoms with Crippen molar-refractivity contribution in [1.82, 2.24) is 14.9 Å². The van der Waals surface area contributed by atoms with Gasteiger partial charge in [0.15, 0.2) is 0 Å². The summed E-state index contributed by atoms with van der Waals surface area (Å²) in [7, 11) is 1.65. The normalized spacial score (nSPS) is 16.2. The first-order chi connectivity index (χ1) is 16.1. The zero-order chi connectivity index (χ0) is 22.8. The number of carbonyl (C=O) groups is 1. The maximum atomic E-state index is 13.3. The monoisotopic (exact) mass is 439 g/mol. The van der Waals surface area contributed by atoms with Gasteiger partial charge in [0, 0.05) is 41.8 Å². The lowest BCUT2D eigenvalue weighted by Gasteiger charge is -2.32. The number of amides is 1. The molecule has 1 fully saturated rings. The Labute approximate surface area is 194 Å². The number of H-pyrrole nitrogens is 1. The maximum absolute atomic E-state index is 13.3. The van der Waals surface area contributed by atoms with E-state index in [1.165, 1.54) is 16.7 Å². The van der Waals surface area contributed by atoms with Crippen molar-refractivity contribution in [3.05, 3.63) is 94.9 Å². The first kappa shape index (κ1) is 21.3. The zero-order valence-corrected chi connectivity index (χ0v) is 19.2. The Morgan fingerprint density at radius 2 is 2.00 bits per heavy atom. The van der Waals surface area contributed by atoms with Crippen molar-refractivity contribution in [2.24, 2.45) is 0 Å². The summed E-state index contributed by atoms with van der Waals surface area (Å²) in [4.78, 5) is 23.3. The summed E-state index contributed by atoms with van der Waals surface area (Å²) in [5.74, 6) is 1.07. The minimum Gasteiger partial charge on any atom is -0.496 e. The Morgan fingerprint density at radius 1 is 1.12 bits per heavy atom. The van der Waals surface area contributed by atoms with Crippen molar-refractivity contribution in [1.29, 1.82) is 0 Å². The van der Waals surface area contributed by atoms with Gasteiger partial charge < -0.3 is 14.6 Å². The maximum Gasteiger partial charge on any atom is 0.270 e. The lowest BCUT2D eigenvalue weighted by Crippen LogP contribution is -2.39. The van der Waals surface area contributed by atoms with Gasteiger partial charge in [-0.25, -0.2) is 0 Å². The largest absolute Gasteiger partial charge is 0.496 e. The number of likely N-dealkylation sites (tertiary alicyclic amines) is 1. The standard InChI is InChI=1S/C28H29N3O2/c1-19-6-3-7-20(14-19)15-21-11-12-24(29-17-21)22-8-5-13-31(18-22)28(32)26-16-23-25(30-26)9-4-10-27(23)33-2/h3-4,6-7,9-12,14,16-17,22,30H,5,8,13,15,18H2,1-2H3. The summed E-state index contributed by atoms with van der Waals surface area (Å²) < 4.78 is 5.44. The predicted molar refractivity (Wildman–Crippen MR) is 131 cm³/mol. The van der Waals surface area contributed by atoms with Crippen molar-refractivity contribution in [3.63, 3.8) is 0 Å². The number of rotatable bonds is 5. The van der Waals surface area contributed by atoms with E-state index in [0.29, 0.717) is 12.2 Å². The first-order valence-electron chi connectivity index (χ1n) is 11.6. The number of hydrogen-bond acceptors (Lipinski definition) is 3. The number of nitrogens with one attached hydrogen (secondary N) is 1. The second kappa shape index (κ2) is 9.10. The fourth-order valence-corrected chi connectivity index (χ4v) is 4.83. The third kappa shape index (κ3) is 4.49. The van der Waals surface area contributed by atoms with Gasteiger partial charge in [-0.3, -0.25) is 9.78 Å². The number of benzene rings is 2. The smallest absolute Gasteiger partial charge is 0.270 e. The number of fused-ring (bicyclic) bond motifs is 1. The highest BCUT2D eigenvalue weighted by Gasteiger charge is 2.27. The minimum atomic E-state index is 0.0361. The van der Waals surface area contributed by atoms with Gasteiger partial charge in [-0.1, -0.05) is 42.0 Å². The average Bonchev–Trinajstić information content (AvgIpc) is 3.29. The van der Waals surface area contributed by atoms with E-state index in [1.54, 1.807) is 7.11 Å². The summed E-state index contributed by atoms with van der Waals surface area (Å²) in [6.07, 6.45) is 4.90. The molecule has 3 heterocycles. The number of carbonyl (C=O) groups excluding carboxylic acids is 1. The number of aromatic nitrogens is 2. The number of aryl methyl sites for hydroxylation is 1. The van der Waals surface area contributed by atoms with E-state index in [1.807, 2.05) is 35.4 Å². The van der Waals surface area contributed by atoms with Crippen LogP contribution in [0, 0.1) is 6.92 Å². The molecule has 168 valence electrons. The van der Waals surface area contributed by atoms with E-state index < -0.39 is 0 Å². The topological polar surface area (TPSA) is 58.2 Å². The Kier molecular flexibility index (Phi) is 5.86. The molecule has 0 bridgehead atoms. The molecule has 5 nitrogen and oxygen atoms in total. The molecule has 2 aromatic heterocycles. The molecule has 1 N–H and O–H groups in total. The number of methoxy groups -OCH3 is 1.